The SMILES string of the molecule is Cc1nc(N(C)CCOC(C)C)ccc1C(=O)O. The van der Waals surface area contributed by atoms with Crippen LogP contribution in [-0.2, 0) is 4.74 Å². The lowest BCUT2D eigenvalue weighted by Crippen LogP contribution is -2.25. The van der Waals surface area contributed by atoms with Crippen molar-refractivity contribution in [1.29, 1.82) is 0 Å². The van der Waals surface area contributed by atoms with Gasteiger partial charge in [-0.2, -0.15) is 0 Å². The van der Waals surface area contributed by atoms with E-state index in [1.165, 1.54) is 0 Å². The third-order valence-corrected chi connectivity index (χ3v) is 2.57. The number of ether oxygens (including phenoxy) is 1. The van der Waals surface area contributed by atoms with Crippen LogP contribution in [0.3, 0.4) is 0 Å². The summed E-state index contributed by atoms with van der Waals surface area (Å²) >= 11 is 0. The first-order valence-electron chi connectivity index (χ1n) is 5.95. The first-order chi connectivity index (χ1) is 8.41. The zero-order valence-corrected chi connectivity index (χ0v) is 11.3. The van der Waals surface area contributed by atoms with Crippen molar-refractivity contribution in [1.82, 2.24) is 4.98 Å². The van der Waals surface area contributed by atoms with Crippen molar-refractivity contribution in [2.24, 2.45) is 0 Å². The van der Waals surface area contributed by atoms with Crippen molar-refractivity contribution >= 4 is 11.8 Å². The molecule has 0 aliphatic rings. The summed E-state index contributed by atoms with van der Waals surface area (Å²) in [5.41, 5.74) is 0.766. The molecule has 0 aliphatic heterocycles. The Morgan fingerprint density at radius 1 is 1.50 bits per heavy atom. The van der Waals surface area contributed by atoms with E-state index in [1.54, 1.807) is 19.1 Å². The van der Waals surface area contributed by atoms with E-state index >= 15 is 0 Å². The van der Waals surface area contributed by atoms with Crippen molar-refractivity contribution in [2.75, 3.05) is 25.1 Å². The van der Waals surface area contributed by atoms with Crippen molar-refractivity contribution in [2.45, 2.75) is 26.9 Å². The monoisotopic (exact) mass is 252 g/mol. The molecule has 1 heterocycles. The van der Waals surface area contributed by atoms with Gasteiger partial charge in [-0.25, -0.2) is 9.78 Å². The Bertz CT molecular complexity index is 419. The maximum atomic E-state index is 10.9. The van der Waals surface area contributed by atoms with E-state index in [9.17, 15) is 4.79 Å². The van der Waals surface area contributed by atoms with Gasteiger partial charge in [0.05, 0.1) is 24.0 Å². The second-order valence-corrected chi connectivity index (χ2v) is 4.45. The first-order valence-corrected chi connectivity index (χ1v) is 5.95. The van der Waals surface area contributed by atoms with Crippen molar-refractivity contribution in [3.63, 3.8) is 0 Å². The molecule has 0 saturated carbocycles. The molecule has 5 nitrogen and oxygen atoms in total. The molecule has 18 heavy (non-hydrogen) atoms. The van der Waals surface area contributed by atoms with Gasteiger partial charge in [-0.15, -0.1) is 0 Å². The van der Waals surface area contributed by atoms with Crippen molar-refractivity contribution < 1.29 is 14.6 Å². The number of carbonyl (C=O) groups is 1. The zero-order valence-electron chi connectivity index (χ0n) is 11.3. The molecule has 1 aromatic heterocycles. The van der Waals surface area contributed by atoms with Crippen molar-refractivity contribution in [3.05, 3.63) is 23.4 Å². The minimum atomic E-state index is -0.947. The van der Waals surface area contributed by atoms with Gasteiger partial charge in [0, 0.05) is 13.6 Å². The van der Waals surface area contributed by atoms with E-state index in [-0.39, 0.29) is 11.7 Å². The summed E-state index contributed by atoms with van der Waals surface area (Å²) in [5, 5.41) is 8.92. The average molecular weight is 252 g/mol. The molecule has 0 atom stereocenters. The Morgan fingerprint density at radius 3 is 2.67 bits per heavy atom. The Morgan fingerprint density at radius 2 is 2.17 bits per heavy atom. The van der Waals surface area contributed by atoms with E-state index in [4.69, 9.17) is 9.84 Å². The lowest BCUT2D eigenvalue weighted by Gasteiger charge is -2.19. The number of pyridine rings is 1. The van der Waals surface area contributed by atoms with Gasteiger partial charge in [-0.1, -0.05) is 0 Å². The van der Waals surface area contributed by atoms with Crippen LogP contribution in [0.15, 0.2) is 12.1 Å². The molecule has 0 bridgehead atoms. The molecule has 0 unspecified atom stereocenters. The number of carboxylic acids is 1. The fourth-order valence-electron chi connectivity index (χ4n) is 1.53. The van der Waals surface area contributed by atoms with Gasteiger partial charge >= 0.3 is 5.97 Å². The number of likely N-dealkylation sites (N-methyl/N-ethyl adjacent to an activating group) is 1. The van der Waals surface area contributed by atoms with E-state index in [0.29, 0.717) is 12.3 Å². The van der Waals surface area contributed by atoms with E-state index in [1.807, 2.05) is 25.8 Å². The number of anilines is 1. The van der Waals surface area contributed by atoms with Crippen LogP contribution < -0.4 is 4.90 Å². The second kappa shape index (κ2) is 6.35. The minimum absolute atomic E-state index is 0.211. The molecular weight excluding hydrogens is 232 g/mol. The molecule has 1 N–H and O–H groups in total. The molecule has 0 aromatic carbocycles. The standard InChI is InChI=1S/C13H20N2O3/c1-9(2)18-8-7-15(4)12-6-5-11(13(16)17)10(3)14-12/h5-6,9H,7-8H2,1-4H3,(H,16,17). The normalized spacial score (nSPS) is 10.7. The van der Waals surface area contributed by atoms with Crippen LogP contribution in [0.25, 0.3) is 0 Å². The second-order valence-electron chi connectivity index (χ2n) is 4.45. The highest BCUT2D eigenvalue weighted by atomic mass is 16.5. The maximum absolute atomic E-state index is 10.9. The summed E-state index contributed by atoms with van der Waals surface area (Å²) in [6, 6.07) is 3.30. The van der Waals surface area contributed by atoms with Gasteiger partial charge in [0.15, 0.2) is 0 Å². The van der Waals surface area contributed by atoms with Crippen LogP contribution in [0, 0.1) is 6.92 Å². The van der Waals surface area contributed by atoms with Crippen LogP contribution in [0.4, 0.5) is 5.82 Å². The third kappa shape index (κ3) is 4.00. The number of aryl methyl sites for hydroxylation is 1. The zero-order chi connectivity index (χ0) is 13.7. The molecule has 1 aromatic rings. The molecule has 0 amide bonds. The molecule has 0 spiro atoms. The lowest BCUT2D eigenvalue weighted by atomic mass is 10.2. The summed E-state index contributed by atoms with van der Waals surface area (Å²) in [4.78, 5) is 17.1. The van der Waals surface area contributed by atoms with Crippen molar-refractivity contribution in [3.8, 4) is 0 Å². The number of rotatable bonds is 6. The summed E-state index contributed by atoms with van der Waals surface area (Å²) in [6.07, 6.45) is 0.211. The van der Waals surface area contributed by atoms with E-state index < -0.39 is 5.97 Å². The number of nitrogens with zero attached hydrogens (tertiary/aromatic N) is 2. The molecule has 0 radical (unpaired) electrons. The quantitative estimate of drug-likeness (QED) is 0.838. The van der Waals surface area contributed by atoms with E-state index in [0.717, 1.165) is 12.4 Å². The molecule has 0 aliphatic carbocycles. The minimum Gasteiger partial charge on any atom is -0.478 e. The fourth-order valence-corrected chi connectivity index (χ4v) is 1.53. The Kier molecular flexibility index (Phi) is 5.09. The number of hydrogen-bond donors (Lipinski definition) is 1. The van der Waals surface area contributed by atoms with Gasteiger partial charge in [-0.3, -0.25) is 0 Å². The third-order valence-electron chi connectivity index (χ3n) is 2.57. The van der Waals surface area contributed by atoms with Crippen LogP contribution in [-0.4, -0.2) is 42.4 Å². The van der Waals surface area contributed by atoms with Crippen LogP contribution in [0.2, 0.25) is 0 Å². The summed E-state index contributed by atoms with van der Waals surface area (Å²) < 4.78 is 5.46. The molecule has 0 fully saturated rings. The highest BCUT2D eigenvalue weighted by Crippen LogP contribution is 2.13. The Labute approximate surface area is 107 Å². The van der Waals surface area contributed by atoms with Crippen LogP contribution >= 0.6 is 0 Å². The highest BCUT2D eigenvalue weighted by molar-refractivity contribution is 5.89. The molecular formula is C13H20N2O3. The van der Waals surface area contributed by atoms with Gasteiger partial charge in [0.25, 0.3) is 0 Å². The Hall–Kier alpha value is -1.62. The van der Waals surface area contributed by atoms with Gasteiger partial charge < -0.3 is 14.7 Å². The largest absolute Gasteiger partial charge is 0.478 e. The number of hydrogen-bond acceptors (Lipinski definition) is 4. The molecule has 5 heteroatoms. The summed E-state index contributed by atoms with van der Waals surface area (Å²) in [7, 11) is 1.91. The number of carboxylic acid groups (broad SMARTS) is 1. The Balaban J connectivity index is 2.66. The predicted octanol–water partition coefficient (Wildman–Crippen LogP) is 1.95. The van der Waals surface area contributed by atoms with Crippen LogP contribution in [0.5, 0.6) is 0 Å². The van der Waals surface area contributed by atoms with E-state index in [2.05, 4.69) is 4.98 Å². The highest BCUT2D eigenvalue weighted by Gasteiger charge is 2.10. The fraction of sp³-hybridized carbons (Fsp3) is 0.538. The molecule has 0 saturated heterocycles. The predicted molar refractivity (Wildman–Crippen MR) is 70.3 cm³/mol. The van der Waals surface area contributed by atoms with Gasteiger partial charge in [-0.05, 0) is 32.9 Å². The summed E-state index contributed by atoms with van der Waals surface area (Å²) in [6.45, 7) is 7.02. The van der Waals surface area contributed by atoms with Crippen LogP contribution in [0.1, 0.15) is 29.9 Å². The molecule has 100 valence electrons. The topological polar surface area (TPSA) is 62.7 Å². The average Bonchev–Trinajstić information content (AvgIpc) is 2.27. The number of aromatic carboxylic acids is 1. The maximum Gasteiger partial charge on any atom is 0.337 e. The molecule has 1 rings (SSSR count). The van der Waals surface area contributed by atoms with Gasteiger partial charge in [0.1, 0.15) is 5.82 Å². The lowest BCUT2D eigenvalue weighted by molar-refractivity contribution is 0.0695. The number of aromatic nitrogens is 1. The smallest absolute Gasteiger partial charge is 0.337 e. The van der Waals surface area contributed by atoms with Gasteiger partial charge in [0.2, 0.25) is 0 Å². The summed E-state index contributed by atoms with van der Waals surface area (Å²) in [5.74, 6) is -0.192. The first kappa shape index (κ1) is 14.4.